The van der Waals surface area contributed by atoms with Crippen LogP contribution in [0.4, 0.5) is 4.79 Å². The monoisotopic (exact) mass is 425 g/mol. The summed E-state index contributed by atoms with van der Waals surface area (Å²) in [6.45, 7) is 2.81. The number of rotatable bonds is 6. The molecule has 150 valence electrons. The maximum absolute atomic E-state index is 12.6. The Morgan fingerprint density at radius 1 is 0.929 bits per heavy atom. The van der Waals surface area contributed by atoms with Crippen LogP contribution in [-0.2, 0) is 29.1 Å². The molecule has 0 N–H and O–H groups in total. The maximum Gasteiger partial charge on any atom is 0.424 e. The normalized spacial score (nSPS) is 17.6. The van der Waals surface area contributed by atoms with E-state index in [2.05, 4.69) is 0 Å². The van der Waals surface area contributed by atoms with E-state index in [0.29, 0.717) is 4.31 Å². The molecular weight excluding hydrogens is 406 g/mol. The second-order valence-corrected chi connectivity index (χ2v) is 9.88. The molecule has 8 nitrogen and oxygen atoms in total. The molecule has 0 bridgehead atoms. The molecule has 1 unspecified atom stereocenters. The van der Waals surface area contributed by atoms with Gasteiger partial charge in [-0.2, -0.15) is 12.7 Å². The van der Waals surface area contributed by atoms with Gasteiger partial charge in [0.15, 0.2) is 0 Å². The molecule has 0 aromatic heterocycles. The van der Waals surface area contributed by atoms with Gasteiger partial charge in [0.2, 0.25) is 0 Å². The first-order chi connectivity index (χ1) is 13.1. The Bertz CT molecular complexity index is 1080. The lowest BCUT2D eigenvalue weighted by atomic mass is 10.2. The second kappa shape index (κ2) is 7.53. The summed E-state index contributed by atoms with van der Waals surface area (Å²) in [5.41, 5.74) is 1.76. The van der Waals surface area contributed by atoms with E-state index in [0.717, 1.165) is 11.1 Å². The summed E-state index contributed by atoms with van der Waals surface area (Å²) < 4.78 is 60.2. The van der Waals surface area contributed by atoms with Crippen LogP contribution in [0.2, 0.25) is 0 Å². The third-order valence-electron chi connectivity index (χ3n) is 4.17. The van der Waals surface area contributed by atoms with Crippen molar-refractivity contribution in [3.8, 4) is 0 Å². The number of hydrogen-bond acceptors (Lipinski definition) is 7. The molecule has 2 aromatic rings. The fraction of sp³-hybridized carbons (Fsp3) is 0.278. The van der Waals surface area contributed by atoms with E-state index in [-0.39, 0.29) is 16.3 Å². The van der Waals surface area contributed by atoms with E-state index in [1.807, 2.05) is 13.8 Å². The summed E-state index contributed by atoms with van der Waals surface area (Å²) in [7, 11) is -8.15. The first kappa shape index (κ1) is 20.3. The Morgan fingerprint density at radius 3 is 1.96 bits per heavy atom. The highest BCUT2D eigenvalue weighted by atomic mass is 32.2. The van der Waals surface area contributed by atoms with Gasteiger partial charge < -0.3 is 4.74 Å². The van der Waals surface area contributed by atoms with E-state index in [1.54, 1.807) is 24.3 Å². The minimum Gasteiger partial charge on any atom is -0.441 e. The van der Waals surface area contributed by atoms with Crippen molar-refractivity contribution in [3.63, 3.8) is 0 Å². The first-order valence-electron chi connectivity index (χ1n) is 8.36. The van der Waals surface area contributed by atoms with Crippen molar-refractivity contribution in [2.24, 2.45) is 0 Å². The third kappa shape index (κ3) is 4.18. The number of amides is 1. The van der Waals surface area contributed by atoms with Crippen molar-refractivity contribution in [3.05, 3.63) is 59.7 Å². The molecule has 2 aromatic carbocycles. The van der Waals surface area contributed by atoms with Crippen LogP contribution in [0, 0.1) is 13.8 Å². The first-order valence-corrected chi connectivity index (χ1v) is 11.2. The van der Waals surface area contributed by atoms with E-state index in [4.69, 9.17) is 8.92 Å². The van der Waals surface area contributed by atoms with Crippen LogP contribution in [0.1, 0.15) is 11.1 Å². The van der Waals surface area contributed by atoms with Crippen LogP contribution in [0.25, 0.3) is 0 Å². The molecule has 3 rings (SSSR count). The summed E-state index contributed by atoms with van der Waals surface area (Å²) in [6.07, 6.45) is -2.10. The molecule has 28 heavy (non-hydrogen) atoms. The van der Waals surface area contributed by atoms with Crippen molar-refractivity contribution in [2.45, 2.75) is 29.7 Å². The lowest BCUT2D eigenvalue weighted by Gasteiger charge is -2.14. The van der Waals surface area contributed by atoms with Gasteiger partial charge in [-0.15, -0.1) is 0 Å². The lowest BCUT2D eigenvalue weighted by Crippen LogP contribution is -2.33. The van der Waals surface area contributed by atoms with Gasteiger partial charge in [-0.25, -0.2) is 13.2 Å². The predicted molar refractivity (Wildman–Crippen MR) is 99.7 cm³/mol. The lowest BCUT2D eigenvalue weighted by molar-refractivity contribution is 0.106. The van der Waals surface area contributed by atoms with Crippen molar-refractivity contribution in [2.75, 3.05) is 13.2 Å². The van der Waals surface area contributed by atoms with Gasteiger partial charge in [0.1, 0.15) is 12.7 Å². The quantitative estimate of drug-likeness (QED) is 0.653. The molecular formula is C18H19NO7S2. The minimum absolute atomic E-state index is 0.0356. The number of cyclic esters (lactones) is 1. The highest BCUT2D eigenvalue weighted by molar-refractivity contribution is 7.89. The smallest absolute Gasteiger partial charge is 0.424 e. The largest absolute Gasteiger partial charge is 0.441 e. The van der Waals surface area contributed by atoms with E-state index in [1.165, 1.54) is 24.3 Å². The van der Waals surface area contributed by atoms with Gasteiger partial charge in [0.25, 0.3) is 20.1 Å². The van der Waals surface area contributed by atoms with Gasteiger partial charge in [-0.1, -0.05) is 35.4 Å². The summed E-state index contributed by atoms with van der Waals surface area (Å²) in [4.78, 5) is 11.9. The number of ether oxygens (including phenoxy) is 1. The number of carbonyl (C=O) groups is 1. The average molecular weight is 425 g/mol. The van der Waals surface area contributed by atoms with Crippen LogP contribution >= 0.6 is 0 Å². The van der Waals surface area contributed by atoms with Crippen molar-refractivity contribution >= 4 is 26.2 Å². The fourth-order valence-corrected chi connectivity index (χ4v) is 4.83. The van der Waals surface area contributed by atoms with Crippen LogP contribution < -0.4 is 0 Å². The minimum atomic E-state index is -4.09. The zero-order chi connectivity index (χ0) is 20.5. The van der Waals surface area contributed by atoms with Crippen molar-refractivity contribution in [1.29, 1.82) is 0 Å². The highest BCUT2D eigenvalue weighted by Crippen LogP contribution is 2.23. The molecule has 0 saturated carbocycles. The number of carbonyl (C=O) groups excluding carboxylic acids is 1. The second-order valence-electron chi connectivity index (χ2n) is 6.41. The SMILES string of the molecule is Cc1ccc(S(=O)(=O)OCC2CN(S(=O)(=O)c3ccc(C)cc3)C(=O)O2)cc1. The Balaban J connectivity index is 1.69. The number of benzene rings is 2. The Morgan fingerprint density at radius 2 is 1.43 bits per heavy atom. The standard InChI is InChI=1S/C18H19NO7S2/c1-13-3-7-16(8-4-13)27(21,22)19-11-15(26-18(19)20)12-25-28(23,24)17-9-5-14(2)6-10-17/h3-10,15H,11-12H2,1-2H3. The van der Waals surface area contributed by atoms with E-state index < -0.39 is 38.9 Å². The van der Waals surface area contributed by atoms with Crippen LogP contribution in [0.15, 0.2) is 58.3 Å². The van der Waals surface area contributed by atoms with Crippen LogP contribution in [0.5, 0.6) is 0 Å². The Kier molecular flexibility index (Phi) is 5.46. The molecule has 1 aliphatic rings. The fourth-order valence-electron chi connectivity index (χ4n) is 2.56. The molecule has 1 aliphatic heterocycles. The van der Waals surface area contributed by atoms with Crippen molar-refractivity contribution < 1.29 is 30.6 Å². The van der Waals surface area contributed by atoms with Gasteiger partial charge in [0, 0.05) is 0 Å². The zero-order valence-electron chi connectivity index (χ0n) is 15.2. The number of aryl methyl sites for hydroxylation is 2. The third-order valence-corrected chi connectivity index (χ3v) is 7.21. The van der Waals surface area contributed by atoms with Gasteiger partial charge in [-0.3, -0.25) is 4.18 Å². The number of nitrogens with zero attached hydrogens (tertiary/aromatic N) is 1. The predicted octanol–water partition coefficient (Wildman–Crippen LogP) is 2.22. The van der Waals surface area contributed by atoms with Gasteiger partial charge in [-0.05, 0) is 38.1 Å². The highest BCUT2D eigenvalue weighted by Gasteiger charge is 2.41. The zero-order valence-corrected chi connectivity index (χ0v) is 16.9. The number of sulfonamides is 1. The molecule has 10 heteroatoms. The molecule has 0 radical (unpaired) electrons. The molecule has 1 atom stereocenters. The Labute approximate surface area is 163 Å². The Hall–Kier alpha value is -2.43. The van der Waals surface area contributed by atoms with E-state index >= 15 is 0 Å². The average Bonchev–Trinajstić information content (AvgIpc) is 3.02. The van der Waals surface area contributed by atoms with Gasteiger partial charge >= 0.3 is 6.09 Å². The van der Waals surface area contributed by atoms with Crippen LogP contribution in [-0.4, -0.2) is 46.5 Å². The molecule has 1 heterocycles. The molecule has 1 amide bonds. The summed E-state index contributed by atoms with van der Waals surface area (Å²) >= 11 is 0. The van der Waals surface area contributed by atoms with E-state index in [9.17, 15) is 21.6 Å². The summed E-state index contributed by atoms with van der Waals surface area (Å²) in [5, 5.41) is 0. The summed E-state index contributed by atoms with van der Waals surface area (Å²) in [5.74, 6) is 0. The summed E-state index contributed by atoms with van der Waals surface area (Å²) in [6, 6.07) is 12.1. The van der Waals surface area contributed by atoms with Gasteiger partial charge in [0.05, 0.1) is 16.3 Å². The molecule has 1 saturated heterocycles. The van der Waals surface area contributed by atoms with Crippen molar-refractivity contribution in [1.82, 2.24) is 4.31 Å². The topological polar surface area (TPSA) is 107 Å². The van der Waals surface area contributed by atoms with Crippen LogP contribution in [0.3, 0.4) is 0 Å². The molecule has 0 spiro atoms. The molecule has 1 fully saturated rings. The number of hydrogen-bond donors (Lipinski definition) is 0. The molecule has 0 aliphatic carbocycles. The maximum atomic E-state index is 12.6.